The lowest BCUT2D eigenvalue weighted by Gasteiger charge is -2.13. The Morgan fingerprint density at radius 2 is 2.11 bits per heavy atom. The summed E-state index contributed by atoms with van der Waals surface area (Å²) in [5.41, 5.74) is 0. The SMILES string of the molecule is CCC[C@H](O)C(F)(F)Cl. The van der Waals surface area contributed by atoms with Gasteiger partial charge in [0.15, 0.2) is 0 Å². The summed E-state index contributed by atoms with van der Waals surface area (Å²) in [6, 6.07) is 0. The first-order chi connectivity index (χ1) is 3.98. The largest absolute Gasteiger partial charge is 0.385 e. The van der Waals surface area contributed by atoms with Crippen LogP contribution >= 0.6 is 11.6 Å². The Labute approximate surface area is 57.6 Å². The number of alkyl halides is 3. The Hall–Kier alpha value is 0.110. The molecule has 56 valence electrons. The number of hydrogen-bond donors (Lipinski definition) is 1. The van der Waals surface area contributed by atoms with Crippen molar-refractivity contribution in [1.29, 1.82) is 0 Å². The predicted molar refractivity (Wildman–Crippen MR) is 31.7 cm³/mol. The lowest BCUT2D eigenvalue weighted by Crippen LogP contribution is -2.26. The number of hydrogen-bond acceptors (Lipinski definition) is 1. The molecular formula is C5H9ClF2O. The van der Waals surface area contributed by atoms with Crippen molar-refractivity contribution in [3.63, 3.8) is 0 Å². The Morgan fingerprint density at radius 3 is 2.22 bits per heavy atom. The summed E-state index contributed by atoms with van der Waals surface area (Å²) in [6.45, 7) is 1.70. The standard InChI is InChI=1S/C5H9ClF2O/c1-2-3-4(9)5(6,7)8/h4,9H,2-3H2,1H3/t4-/m0/s1. The van der Waals surface area contributed by atoms with Gasteiger partial charge >= 0.3 is 5.38 Å². The molecule has 0 aromatic rings. The molecule has 0 unspecified atom stereocenters. The van der Waals surface area contributed by atoms with E-state index in [4.69, 9.17) is 5.11 Å². The molecule has 0 saturated heterocycles. The molecule has 1 N–H and O–H groups in total. The number of aliphatic hydroxyl groups excluding tert-OH is 1. The highest BCUT2D eigenvalue weighted by Gasteiger charge is 2.34. The maximum absolute atomic E-state index is 11.8. The second-order valence-electron chi connectivity index (χ2n) is 1.85. The molecule has 0 aliphatic rings. The van der Waals surface area contributed by atoms with E-state index in [-0.39, 0.29) is 6.42 Å². The van der Waals surface area contributed by atoms with Gasteiger partial charge in [0.2, 0.25) is 0 Å². The molecule has 0 radical (unpaired) electrons. The fourth-order valence-electron chi connectivity index (χ4n) is 0.437. The van der Waals surface area contributed by atoms with Crippen molar-refractivity contribution < 1.29 is 13.9 Å². The van der Waals surface area contributed by atoms with Crippen LogP contribution in [0.25, 0.3) is 0 Å². The van der Waals surface area contributed by atoms with Gasteiger partial charge < -0.3 is 5.11 Å². The highest BCUT2D eigenvalue weighted by atomic mass is 35.5. The quantitative estimate of drug-likeness (QED) is 0.623. The predicted octanol–water partition coefficient (Wildman–Crippen LogP) is 1.98. The maximum atomic E-state index is 11.8. The van der Waals surface area contributed by atoms with E-state index in [9.17, 15) is 8.78 Å². The first kappa shape index (κ1) is 9.11. The van der Waals surface area contributed by atoms with Gasteiger partial charge in [0.05, 0.1) is 0 Å². The molecular weight excluding hydrogens is 150 g/mol. The van der Waals surface area contributed by atoms with Crippen LogP contribution in [0.1, 0.15) is 19.8 Å². The van der Waals surface area contributed by atoms with Gasteiger partial charge in [-0.2, -0.15) is 8.78 Å². The van der Waals surface area contributed by atoms with Gasteiger partial charge in [-0.1, -0.05) is 13.3 Å². The molecule has 0 bridgehead atoms. The first-order valence-corrected chi connectivity index (χ1v) is 3.11. The van der Waals surface area contributed by atoms with Gasteiger partial charge in [0, 0.05) is 0 Å². The summed E-state index contributed by atoms with van der Waals surface area (Å²) in [5, 5.41) is 5.04. The first-order valence-electron chi connectivity index (χ1n) is 2.73. The van der Waals surface area contributed by atoms with Crippen LogP contribution in [0.15, 0.2) is 0 Å². The average Bonchev–Trinajstić information content (AvgIpc) is 1.64. The third kappa shape index (κ3) is 3.65. The summed E-state index contributed by atoms with van der Waals surface area (Å²) in [6.07, 6.45) is -1.16. The van der Waals surface area contributed by atoms with Crippen molar-refractivity contribution in [1.82, 2.24) is 0 Å². The summed E-state index contributed by atoms with van der Waals surface area (Å²) in [7, 11) is 0. The third-order valence-corrected chi connectivity index (χ3v) is 1.19. The lowest BCUT2D eigenvalue weighted by atomic mass is 10.2. The van der Waals surface area contributed by atoms with Gasteiger partial charge in [-0.3, -0.25) is 0 Å². The van der Waals surface area contributed by atoms with E-state index in [1.54, 1.807) is 6.92 Å². The fraction of sp³-hybridized carbons (Fsp3) is 1.00. The van der Waals surface area contributed by atoms with Gasteiger partial charge in [-0.15, -0.1) is 0 Å². The van der Waals surface area contributed by atoms with E-state index in [1.165, 1.54) is 0 Å². The Bertz CT molecular complexity index is 81.5. The normalized spacial score (nSPS) is 15.7. The highest BCUT2D eigenvalue weighted by molar-refractivity contribution is 6.22. The van der Waals surface area contributed by atoms with Crippen LogP contribution in [0.4, 0.5) is 8.78 Å². The lowest BCUT2D eigenvalue weighted by molar-refractivity contribution is -0.0444. The molecule has 1 nitrogen and oxygen atoms in total. The topological polar surface area (TPSA) is 20.2 Å². The Kier molecular flexibility index (Phi) is 3.36. The van der Waals surface area contributed by atoms with E-state index in [0.717, 1.165) is 0 Å². The summed E-state index contributed by atoms with van der Waals surface area (Å²) >= 11 is 4.48. The molecule has 0 rings (SSSR count). The van der Waals surface area contributed by atoms with Crippen LogP contribution in [-0.2, 0) is 0 Å². The second kappa shape index (κ2) is 3.32. The minimum Gasteiger partial charge on any atom is -0.385 e. The summed E-state index contributed by atoms with van der Waals surface area (Å²) in [4.78, 5) is 0. The van der Waals surface area contributed by atoms with Crippen molar-refractivity contribution in [2.24, 2.45) is 0 Å². The van der Waals surface area contributed by atoms with Crippen molar-refractivity contribution in [2.75, 3.05) is 0 Å². The summed E-state index contributed by atoms with van der Waals surface area (Å²) in [5.74, 6) is 0. The molecule has 0 saturated carbocycles. The summed E-state index contributed by atoms with van der Waals surface area (Å²) < 4.78 is 23.6. The van der Waals surface area contributed by atoms with E-state index < -0.39 is 11.5 Å². The van der Waals surface area contributed by atoms with Crippen molar-refractivity contribution in [3.8, 4) is 0 Å². The third-order valence-electron chi connectivity index (χ3n) is 0.940. The van der Waals surface area contributed by atoms with Gasteiger partial charge in [-0.05, 0) is 18.0 Å². The minimum absolute atomic E-state index is 0.0382. The number of aliphatic hydroxyl groups is 1. The van der Waals surface area contributed by atoms with E-state index in [0.29, 0.717) is 6.42 Å². The maximum Gasteiger partial charge on any atom is 0.347 e. The van der Waals surface area contributed by atoms with Gasteiger partial charge in [0.1, 0.15) is 6.10 Å². The molecule has 0 spiro atoms. The van der Waals surface area contributed by atoms with E-state index in [1.807, 2.05) is 0 Å². The Balaban J connectivity index is 3.59. The fourth-order valence-corrected chi connectivity index (χ4v) is 0.546. The van der Waals surface area contributed by atoms with Crippen LogP contribution in [-0.4, -0.2) is 16.6 Å². The number of halogens is 3. The molecule has 0 aromatic heterocycles. The minimum atomic E-state index is -3.46. The van der Waals surface area contributed by atoms with Crippen LogP contribution in [0.2, 0.25) is 0 Å². The van der Waals surface area contributed by atoms with Gasteiger partial charge in [0.25, 0.3) is 0 Å². The van der Waals surface area contributed by atoms with Gasteiger partial charge in [-0.25, -0.2) is 0 Å². The molecule has 0 amide bonds. The molecule has 0 aliphatic carbocycles. The van der Waals surface area contributed by atoms with E-state index in [2.05, 4.69) is 11.6 Å². The van der Waals surface area contributed by atoms with Crippen molar-refractivity contribution in [3.05, 3.63) is 0 Å². The second-order valence-corrected chi connectivity index (χ2v) is 2.35. The molecule has 0 fully saturated rings. The Morgan fingerprint density at radius 1 is 1.67 bits per heavy atom. The zero-order valence-electron chi connectivity index (χ0n) is 5.07. The van der Waals surface area contributed by atoms with Crippen molar-refractivity contribution in [2.45, 2.75) is 31.3 Å². The molecule has 9 heavy (non-hydrogen) atoms. The van der Waals surface area contributed by atoms with Crippen molar-refractivity contribution >= 4 is 11.6 Å². The monoisotopic (exact) mass is 158 g/mol. The average molecular weight is 159 g/mol. The van der Waals surface area contributed by atoms with Crippen LogP contribution < -0.4 is 0 Å². The highest BCUT2D eigenvalue weighted by Crippen LogP contribution is 2.25. The smallest absolute Gasteiger partial charge is 0.347 e. The van der Waals surface area contributed by atoms with Crippen LogP contribution in [0.3, 0.4) is 0 Å². The number of rotatable bonds is 3. The molecule has 0 aromatic carbocycles. The van der Waals surface area contributed by atoms with Crippen LogP contribution in [0.5, 0.6) is 0 Å². The molecule has 1 atom stereocenters. The van der Waals surface area contributed by atoms with Crippen LogP contribution in [0, 0.1) is 0 Å². The molecule has 0 heterocycles. The molecule has 0 aliphatic heterocycles. The van der Waals surface area contributed by atoms with E-state index >= 15 is 0 Å². The molecule has 4 heteroatoms. The zero-order valence-corrected chi connectivity index (χ0v) is 5.83. The zero-order chi connectivity index (χ0) is 7.49.